The van der Waals surface area contributed by atoms with Gasteiger partial charge in [0, 0.05) is 5.41 Å². The van der Waals surface area contributed by atoms with Crippen molar-refractivity contribution in [3.05, 3.63) is 11.6 Å². The first kappa shape index (κ1) is 10.2. The van der Waals surface area contributed by atoms with Crippen LogP contribution in [0.4, 0.5) is 0 Å². The van der Waals surface area contributed by atoms with Gasteiger partial charge in [-0.2, -0.15) is 0 Å². The molecule has 2 atom stereocenters. The molecule has 2 nitrogen and oxygen atoms in total. The molecule has 0 spiro atoms. The normalized spacial score (nSPS) is 45.8. The van der Waals surface area contributed by atoms with Gasteiger partial charge in [-0.3, -0.25) is 5.26 Å². The first-order chi connectivity index (χ1) is 6.71. The van der Waals surface area contributed by atoms with Crippen molar-refractivity contribution < 1.29 is 10.1 Å². The second kappa shape index (κ2) is 3.35. The lowest BCUT2D eigenvalue weighted by Gasteiger charge is -2.17. The van der Waals surface area contributed by atoms with Crippen molar-refractivity contribution in [1.82, 2.24) is 0 Å². The molecule has 0 radical (unpaired) electrons. The van der Waals surface area contributed by atoms with Crippen LogP contribution in [0.1, 0.15) is 52.4 Å². The molecule has 0 aromatic heterocycles. The molecule has 2 aliphatic carbocycles. The van der Waals surface area contributed by atoms with Gasteiger partial charge in [0.05, 0.1) is 0 Å². The van der Waals surface area contributed by atoms with E-state index in [4.69, 9.17) is 10.1 Å². The van der Waals surface area contributed by atoms with Gasteiger partial charge < -0.3 is 0 Å². The maximum atomic E-state index is 9.13. The summed E-state index contributed by atoms with van der Waals surface area (Å²) in [6, 6.07) is 0. The lowest BCUT2D eigenvalue weighted by Crippen LogP contribution is -2.21. The molecule has 80 valence electrons. The molecule has 1 N–H and O–H groups in total. The van der Waals surface area contributed by atoms with Crippen molar-refractivity contribution in [2.45, 2.75) is 58.0 Å². The van der Waals surface area contributed by atoms with Crippen LogP contribution in [-0.4, -0.2) is 10.9 Å². The highest BCUT2D eigenvalue weighted by Gasteiger charge is 2.70. The average Bonchev–Trinajstić information content (AvgIpc) is 2.65. The lowest BCUT2D eigenvalue weighted by atomic mass is 9.97. The quantitative estimate of drug-likeness (QED) is 0.416. The van der Waals surface area contributed by atoms with Gasteiger partial charge in [-0.1, -0.05) is 32.8 Å². The molecule has 2 aliphatic rings. The maximum Gasteiger partial charge on any atom is 0.134 e. The van der Waals surface area contributed by atoms with Crippen LogP contribution < -0.4 is 0 Å². The van der Waals surface area contributed by atoms with Crippen molar-refractivity contribution in [1.29, 1.82) is 0 Å². The zero-order valence-corrected chi connectivity index (χ0v) is 9.18. The summed E-state index contributed by atoms with van der Waals surface area (Å²) < 4.78 is 0. The fourth-order valence-corrected chi connectivity index (χ4v) is 3.07. The highest BCUT2D eigenvalue weighted by molar-refractivity contribution is 5.48. The molecule has 2 heteroatoms. The van der Waals surface area contributed by atoms with E-state index in [2.05, 4.69) is 19.9 Å². The van der Waals surface area contributed by atoms with E-state index < -0.39 is 0 Å². The standard InChI is InChI=1S/C12H20O2/c1-3-11(2)10-8-6-4-5-7-9-12(10,11)14-13/h8,13H,3-7,9H2,1-2H3/b10-8-. The van der Waals surface area contributed by atoms with Crippen LogP contribution in [0.3, 0.4) is 0 Å². The molecular formula is C12H20O2. The minimum Gasteiger partial charge on any atom is -0.251 e. The van der Waals surface area contributed by atoms with Crippen LogP contribution in [-0.2, 0) is 4.89 Å². The third-order valence-electron chi connectivity index (χ3n) is 4.30. The molecule has 0 aliphatic heterocycles. The topological polar surface area (TPSA) is 29.5 Å². The number of fused-ring (bicyclic) bond motifs is 1. The summed E-state index contributed by atoms with van der Waals surface area (Å²) in [6.07, 6.45) is 9.20. The molecule has 0 saturated heterocycles. The van der Waals surface area contributed by atoms with E-state index in [0.29, 0.717) is 0 Å². The maximum absolute atomic E-state index is 9.13. The fourth-order valence-electron chi connectivity index (χ4n) is 3.07. The molecule has 1 saturated carbocycles. The Morgan fingerprint density at radius 1 is 1.43 bits per heavy atom. The summed E-state index contributed by atoms with van der Waals surface area (Å²) in [5, 5.41) is 9.13. The van der Waals surface area contributed by atoms with E-state index in [1.807, 2.05) is 0 Å². The van der Waals surface area contributed by atoms with Gasteiger partial charge in [0.1, 0.15) is 5.60 Å². The summed E-state index contributed by atoms with van der Waals surface area (Å²) in [6.45, 7) is 4.38. The van der Waals surface area contributed by atoms with Gasteiger partial charge >= 0.3 is 0 Å². The first-order valence-electron chi connectivity index (χ1n) is 5.75. The van der Waals surface area contributed by atoms with Crippen LogP contribution in [0.5, 0.6) is 0 Å². The summed E-state index contributed by atoms with van der Waals surface area (Å²) in [5.74, 6) is 0. The van der Waals surface area contributed by atoms with Gasteiger partial charge in [-0.15, -0.1) is 0 Å². The molecule has 2 rings (SSSR count). The Hall–Kier alpha value is -0.340. The zero-order chi connectivity index (χ0) is 10.2. The van der Waals surface area contributed by atoms with Gasteiger partial charge in [0.15, 0.2) is 0 Å². The van der Waals surface area contributed by atoms with Crippen LogP contribution in [0.15, 0.2) is 11.6 Å². The van der Waals surface area contributed by atoms with Crippen LogP contribution in [0, 0.1) is 5.41 Å². The second-order valence-corrected chi connectivity index (χ2v) is 4.82. The Bertz CT molecular complexity index is 259. The Balaban J connectivity index is 2.28. The van der Waals surface area contributed by atoms with E-state index in [1.165, 1.54) is 24.8 Å². The molecule has 0 heterocycles. The van der Waals surface area contributed by atoms with Crippen LogP contribution in [0.25, 0.3) is 0 Å². The van der Waals surface area contributed by atoms with Gasteiger partial charge in [0.2, 0.25) is 0 Å². The molecule has 0 aromatic carbocycles. The summed E-state index contributed by atoms with van der Waals surface area (Å²) in [7, 11) is 0. The van der Waals surface area contributed by atoms with E-state index in [-0.39, 0.29) is 11.0 Å². The van der Waals surface area contributed by atoms with Crippen LogP contribution >= 0.6 is 0 Å². The Kier molecular flexibility index (Phi) is 2.44. The van der Waals surface area contributed by atoms with Crippen molar-refractivity contribution in [2.24, 2.45) is 5.41 Å². The molecule has 0 amide bonds. The minimum atomic E-state index is -0.317. The second-order valence-electron chi connectivity index (χ2n) is 4.82. The molecule has 14 heavy (non-hydrogen) atoms. The molecule has 2 unspecified atom stereocenters. The Morgan fingerprint density at radius 3 is 2.86 bits per heavy atom. The highest BCUT2D eigenvalue weighted by atomic mass is 17.1. The monoisotopic (exact) mass is 196 g/mol. The minimum absolute atomic E-state index is 0.103. The highest BCUT2D eigenvalue weighted by Crippen LogP contribution is 2.68. The number of rotatable bonds is 2. The van der Waals surface area contributed by atoms with Crippen molar-refractivity contribution >= 4 is 0 Å². The van der Waals surface area contributed by atoms with Crippen LogP contribution in [0.2, 0.25) is 0 Å². The summed E-state index contributed by atoms with van der Waals surface area (Å²) >= 11 is 0. The van der Waals surface area contributed by atoms with E-state index in [9.17, 15) is 0 Å². The lowest BCUT2D eigenvalue weighted by molar-refractivity contribution is -0.299. The van der Waals surface area contributed by atoms with E-state index in [1.54, 1.807) is 0 Å². The smallest absolute Gasteiger partial charge is 0.134 e. The SMILES string of the molecule is CCC1(C)/C2=C/CCCCCC21OO. The van der Waals surface area contributed by atoms with Crippen molar-refractivity contribution in [3.63, 3.8) is 0 Å². The molecule has 0 aromatic rings. The predicted octanol–water partition coefficient (Wildman–Crippen LogP) is 3.54. The van der Waals surface area contributed by atoms with Gasteiger partial charge in [0.25, 0.3) is 0 Å². The fraction of sp³-hybridized carbons (Fsp3) is 0.833. The van der Waals surface area contributed by atoms with E-state index in [0.717, 1.165) is 19.3 Å². The number of hydrogen-bond donors (Lipinski definition) is 1. The molecule has 0 bridgehead atoms. The number of hydrogen-bond acceptors (Lipinski definition) is 2. The third kappa shape index (κ3) is 1.10. The third-order valence-corrected chi connectivity index (χ3v) is 4.30. The van der Waals surface area contributed by atoms with Crippen molar-refractivity contribution in [2.75, 3.05) is 0 Å². The Labute approximate surface area is 85.9 Å². The number of allylic oxidation sites excluding steroid dienone is 1. The average molecular weight is 196 g/mol. The summed E-state index contributed by atoms with van der Waals surface area (Å²) in [5.41, 5.74) is 1.13. The van der Waals surface area contributed by atoms with Gasteiger partial charge in [-0.25, -0.2) is 4.89 Å². The van der Waals surface area contributed by atoms with E-state index >= 15 is 0 Å². The molecular weight excluding hydrogens is 176 g/mol. The Morgan fingerprint density at radius 2 is 2.21 bits per heavy atom. The summed E-state index contributed by atoms with van der Waals surface area (Å²) in [4.78, 5) is 4.83. The first-order valence-corrected chi connectivity index (χ1v) is 5.75. The largest absolute Gasteiger partial charge is 0.251 e. The van der Waals surface area contributed by atoms with Crippen molar-refractivity contribution in [3.8, 4) is 0 Å². The zero-order valence-electron chi connectivity index (χ0n) is 9.18. The predicted molar refractivity (Wildman–Crippen MR) is 56.0 cm³/mol. The molecule has 1 fully saturated rings. The van der Waals surface area contributed by atoms with Gasteiger partial charge in [-0.05, 0) is 31.3 Å².